The van der Waals surface area contributed by atoms with Crippen LogP contribution in [0.3, 0.4) is 0 Å². The number of aromatic hydroxyl groups is 1. The Morgan fingerprint density at radius 3 is 2.48 bits per heavy atom. The zero-order chi connectivity index (χ0) is 19.6. The first-order chi connectivity index (χ1) is 12.8. The Labute approximate surface area is 165 Å². The van der Waals surface area contributed by atoms with Crippen LogP contribution in [0.25, 0.3) is 0 Å². The molecule has 27 heavy (non-hydrogen) atoms. The Hall–Kier alpha value is -2.56. The van der Waals surface area contributed by atoms with Crippen molar-refractivity contribution in [1.82, 2.24) is 0 Å². The van der Waals surface area contributed by atoms with Crippen molar-refractivity contribution < 1.29 is 19.0 Å². The summed E-state index contributed by atoms with van der Waals surface area (Å²) >= 11 is 12.0. The van der Waals surface area contributed by atoms with Crippen LogP contribution in [0.5, 0.6) is 17.2 Å². The van der Waals surface area contributed by atoms with Gasteiger partial charge in [0.15, 0.2) is 17.3 Å². The van der Waals surface area contributed by atoms with E-state index < -0.39 is 17.3 Å². The minimum absolute atomic E-state index is 0.0371. The van der Waals surface area contributed by atoms with Gasteiger partial charge in [0.05, 0.1) is 10.6 Å². The standard InChI is InChI=1S/C21H15Cl2FO3/c1-12-8-16(21(26)18(24)9-12)19(25)10-13-2-7-17(23)20(11-13)27-15-5-3-14(22)4-6-15/h2-9,11,26H,10H2,1H3. The summed E-state index contributed by atoms with van der Waals surface area (Å²) in [5.41, 5.74) is 1.12. The van der Waals surface area contributed by atoms with Crippen molar-refractivity contribution in [2.45, 2.75) is 13.3 Å². The van der Waals surface area contributed by atoms with Gasteiger partial charge in [-0.1, -0.05) is 29.3 Å². The van der Waals surface area contributed by atoms with Gasteiger partial charge >= 0.3 is 0 Å². The molecule has 1 N–H and O–H groups in total. The lowest BCUT2D eigenvalue weighted by Gasteiger charge is -2.10. The number of Topliss-reactive ketones (excluding diaryl/α,β-unsaturated/α-hetero) is 1. The summed E-state index contributed by atoms with van der Waals surface area (Å²) in [6, 6.07) is 14.3. The van der Waals surface area contributed by atoms with Gasteiger partial charge in [-0.25, -0.2) is 4.39 Å². The van der Waals surface area contributed by atoms with Crippen LogP contribution in [-0.2, 0) is 6.42 Å². The molecule has 0 saturated carbocycles. The number of benzene rings is 3. The SMILES string of the molecule is Cc1cc(F)c(O)c(C(=O)Cc2ccc(Cl)c(Oc3ccc(Cl)cc3)c2)c1. The highest BCUT2D eigenvalue weighted by Gasteiger charge is 2.17. The van der Waals surface area contributed by atoms with Crippen molar-refractivity contribution in [2.24, 2.45) is 0 Å². The molecule has 0 heterocycles. The van der Waals surface area contributed by atoms with E-state index >= 15 is 0 Å². The molecule has 0 aliphatic carbocycles. The summed E-state index contributed by atoms with van der Waals surface area (Å²) in [6.07, 6.45) is -0.0371. The van der Waals surface area contributed by atoms with Crippen molar-refractivity contribution in [3.63, 3.8) is 0 Å². The molecular formula is C21H15Cl2FO3. The van der Waals surface area contributed by atoms with E-state index in [0.29, 0.717) is 32.7 Å². The molecule has 138 valence electrons. The minimum atomic E-state index is -0.818. The molecule has 0 aliphatic rings. The fourth-order valence-electron chi connectivity index (χ4n) is 2.59. The second kappa shape index (κ2) is 7.99. The van der Waals surface area contributed by atoms with Gasteiger partial charge in [0.25, 0.3) is 0 Å². The highest BCUT2D eigenvalue weighted by atomic mass is 35.5. The van der Waals surface area contributed by atoms with Gasteiger partial charge in [0.1, 0.15) is 11.5 Å². The molecule has 0 saturated heterocycles. The van der Waals surface area contributed by atoms with Gasteiger partial charge in [-0.15, -0.1) is 0 Å². The zero-order valence-electron chi connectivity index (χ0n) is 14.3. The van der Waals surface area contributed by atoms with E-state index in [1.165, 1.54) is 12.1 Å². The Kier molecular flexibility index (Phi) is 5.68. The van der Waals surface area contributed by atoms with Gasteiger partial charge in [-0.3, -0.25) is 4.79 Å². The second-order valence-electron chi connectivity index (χ2n) is 6.06. The number of carbonyl (C=O) groups excluding carboxylic acids is 1. The number of phenols is 1. The van der Waals surface area contributed by atoms with E-state index in [1.54, 1.807) is 49.4 Å². The average molecular weight is 405 g/mol. The third-order valence-corrected chi connectivity index (χ3v) is 4.47. The molecule has 0 unspecified atom stereocenters. The number of phenolic OH excluding ortho intramolecular Hbond substituents is 1. The predicted octanol–water partition coefficient (Wildman–Crippen LogP) is 6.36. The number of hydrogen-bond acceptors (Lipinski definition) is 3. The molecule has 0 aromatic heterocycles. The van der Waals surface area contributed by atoms with Crippen LogP contribution in [0.1, 0.15) is 21.5 Å². The quantitative estimate of drug-likeness (QED) is 0.502. The lowest BCUT2D eigenvalue weighted by molar-refractivity contribution is 0.0989. The molecule has 3 nitrogen and oxygen atoms in total. The van der Waals surface area contributed by atoms with Gasteiger partial charge < -0.3 is 9.84 Å². The van der Waals surface area contributed by atoms with Crippen LogP contribution in [0.2, 0.25) is 10.0 Å². The fourth-order valence-corrected chi connectivity index (χ4v) is 2.88. The maximum atomic E-state index is 13.7. The Morgan fingerprint density at radius 2 is 1.78 bits per heavy atom. The molecule has 0 spiro atoms. The van der Waals surface area contributed by atoms with E-state index in [-0.39, 0.29) is 12.0 Å². The maximum absolute atomic E-state index is 13.7. The third-order valence-electron chi connectivity index (χ3n) is 3.91. The zero-order valence-corrected chi connectivity index (χ0v) is 15.8. The largest absolute Gasteiger partial charge is 0.504 e. The molecular weight excluding hydrogens is 390 g/mol. The third kappa shape index (κ3) is 4.59. The molecule has 0 aliphatic heterocycles. The van der Waals surface area contributed by atoms with Gasteiger partial charge in [-0.05, 0) is 66.6 Å². The van der Waals surface area contributed by atoms with E-state index in [4.69, 9.17) is 27.9 Å². The first-order valence-electron chi connectivity index (χ1n) is 8.07. The molecule has 3 aromatic carbocycles. The average Bonchev–Trinajstić information content (AvgIpc) is 2.62. The van der Waals surface area contributed by atoms with Crippen molar-refractivity contribution in [1.29, 1.82) is 0 Å². The number of carbonyl (C=O) groups is 1. The Morgan fingerprint density at radius 1 is 1.07 bits per heavy atom. The van der Waals surface area contributed by atoms with Crippen LogP contribution >= 0.6 is 23.2 Å². The number of ketones is 1. The van der Waals surface area contributed by atoms with E-state index in [1.807, 2.05) is 0 Å². The second-order valence-corrected chi connectivity index (χ2v) is 6.91. The summed E-state index contributed by atoms with van der Waals surface area (Å²) in [4.78, 5) is 12.5. The normalized spacial score (nSPS) is 10.7. The number of aryl methyl sites for hydroxylation is 1. The highest BCUT2D eigenvalue weighted by molar-refractivity contribution is 6.32. The smallest absolute Gasteiger partial charge is 0.171 e. The van der Waals surface area contributed by atoms with Crippen molar-refractivity contribution >= 4 is 29.0 Å². The fraction of sp³-hybridized carbons (Fsp3) is 0.0952. The molecule has 3 aromatic rings. The van der Waals surface area contributed by atoms with E-state index in [9.17, 15) is 14.3 Å². The van der Waals surface area contributed by atoms with Gasteiger partial charge in [0.2, 0.25) is 0 Å². The van der Waals surface area contributed by atoms with Crippen LogP contribution in [0, 0.1) is 12.7 Å². The van der Waals surface area contributed by atoms with Gasteiger partial charge in [-0.2, -0.15) is 0 Å². The topological polar surface area (TPSA) is 46.5 Å². The molecule has 0 fully saturated rings. The van der Waals surface area contributed by atoms with Crippen LogP contribution in [0.15, 0.2) is 54.6 Å². The molecule has 0 bridgehead atoms. The summed E-state index contributed by atoms with van der Waals surface area (Å²) in [6.45, 7) is 1.65. The summed E-state index contributed by atoms with van der Waals surface area (Å²) < 4.78 is 19.4. The van der Waals surface area contributed by atoms with Crippen LogP contribution in [-0.4, -0.2) is 10.9 Å². The molecule has 0 radical (unpaired) electrons. The summed E-state index contributed by atoms with van der Waals surface area (Å²) in [5.74, 6) is -0.944. The lowest BCUT2D eigenvalue weighted by Crippen LogP contribution is -2.05. The predicted molar refractivity (Wildman–Crippen MR) is 104 cm³/mol. The lowest BCUT2D eigenvalue weighted by atomic mass is 10.00. The highest BCUT2D eigenvalue weighted by Crippen LogP contribution is 2.32. The van der Waals surface area contributed by atoms with E-state index in [0.717, 1.165) is 0 Å². The number of rotatable bonds is 5. The first-order valence-corrected chi connectivity index (χ1v) is 8.83. The molecule has 6 heteroatoms. The van der Waals surface area contributed by atoms with Gasteiger partial charge in [0, 0.05) is 11.4 Å². The monoisotopic (exact) mass is 404 g/mol. The Bertz CT molecular complexity index is 1000. The molecule has 0 amide bonds. The maximum Gasteiger partial charge on any atom is 0.171 e. The Balaban J connectivity index is 1.84. The number of halogens is 3. The van der Waals surface area contributed by atoms with Crippen molar-refractivity contribution in [2.75, 3.05) is 0 Å². The minimum Gasteiger partial charge on any atom is -0.504 e. The first kappa shape index (κ1) is 19.2. The van der Waals surface area contributed by atoms with E-state index in [2.05, 4.69) is 0 Å². The summed E-state index contributed by atoms with van der Waals surface area (Å²) in [7, 11) is 0. The summed E-state index contributed by atoms with van der Waals surface area (Å²) in [5, 5.41) is 10.8. The van der Waals surface area contributed by atoms with Crippen molar-refractivity contribution in [3.8, 4) is 17.2 Å². The van der Waals surface area contributed by atoms with Crippen molar-refractivity contribution in [3.05, 3.63) is 87.2 Å². The molecule has 3 rings (SSSR count). The molecule has 0 atom stereocenters. The van der Waals surface area contributed by atoms with Crippen LogP contribution < -0.4 is 4.74 Å². The number of ether oxygens (including phenoxy) is 1. The van der Waals surface area contributed by atoms with Crippen LogP contribution in [0.4, 0.5) is 4.39 Å². The number of hydrogen-bond donors (Lipinski definition) is 1.